The van der Waals surface area contributed by atoms with Crippen LogP contribution in [-0.4, -0.2) is 49.6 Å². The number of hydrogen-bond acceptors (Lipinski definition) is 3. The number of carbonyl (C=O) groups is 1. The number of amides is 1. The van der Waals surface area contributed by atoms with Crippen molar-refractivity contribution in [2.45, 2.75) is 38.6 Å². The van der Waals surface area contributed by atoms with E-state index in [2.05, 4.69) is 22.7 Å². The van der Waals surface area contributed by atoms with Crippen molar-refractivity contribution in [3.8, 4) is 0 Å². The number of nitrogens with one attached hydrogen (secondary N) is 2. The molecule has 2 aromatic rings. The van der Waals surface area contributed by atoms with E-state index in [-0.39, 0.29) is 17.9 Å². The van der Waals surface area contributed by atoms with E-state index in [0.717, 1.165) is 29.3 Å². The zero-order valence-corrected chi connectivity index (χ0v) is 16.2. The molecule has 1 fully saturated rings. The Morgan fingerprint density at radius 1 is 1.31 bits per heavy atom. The topological polar surface area (TPSA) is 82.3 Å². The van der Waals surface area contributed by atoms with Gasteiger partial charge in [-0.1, -0.05) is 31.5 Å². The maximum absolute atomic E-state index is 12.7. The first-order valence-corrected chi connectivity index (χ1v) is 11.1. The van der Waals surface area contributed by atoms with Crippen molar-refractivity contribution >= 4 is 26.8 Å². The fourth-order valence-electron chi connectivity index (χ4n) is 3.88. The minimum absolute atomic E-state index is 0.0918. The molecule has 2 atom stereocenters. The number of benzene rings is 1. The van der Waals surface area contributed by atoms with Crippen molar-refractivity contribution in [2.75, 3.05) is 19.3 Å². The second-order valence-electron chi connectivity index (χ2n) is 7.20. The lowest BCUT2D eigenvalue weighted by Gasteiger charge is -2.17. The van der Waals surface area contributed by atoms with Gasteiger partial charge in [0, 0.05) is 42.7 Å². The Morgan fingerprint density at radius 2 is 2.08 bits per heavy atom. The molecule has 142 valence electrons. The molecule has 7 heteroatoms. The highest BCUT2D eigenvalue weighted by Gasteiger charge is 2.35. The normalized spacial score (nSPS) is 20.8. The van der Waals surface area contributed by atoms with Crippen LogP contribution in [0.1, 0.15) is 31.7 Å². The molecule has 0 radical (unpaired) electrons. The number of fused-ring (bicyclic) bond motifs is 1. The molecule has 0 spiro atoms. The van der Waals surface area contributed by atoms with Gasteiger partial charge in [-0.2, -0.15) is 0 Å². The van der Waals surface area contributed by atoms with Gasteiger partial charge in [0.25, 0.3) is 0 Å². The van der Waals surface area contributed by atoms with Crippen molar-refractivity contribution in [3.05, 3.63) is 36.0 Å². The molecule has 0 bridgehead atoms. The van der Waals surface area contributed by atoms with E-state index in [1.807, 2.05) is 29.3 Å². The Balaban J connectivity index is 1.62. The van der Waals surface area contributed by atoms with Gasteiger partial charge >= 0.3 is 0 Å². The highest BCUT2D eigenvalue weighted by Crippen LogP contribution is 2.24. The van der Waals surface area contributed by atoms with E-state index in [0.29, 0.717) is 25.9 Å². The molecule has 1 aliphatic rings. The predicted molar refractivity (Wildman–Crippen MR) is 103 cm³/mol. The molecule has 0 saturated carbocycles. The van der Waals surface area contributed by atoms with Gasteiger partial charge in [-0.05, 0) is 30.4 Å². The third-order valence-corrected chi connectivity index (χ3v) is 5.83. The Kier molecular flexibility index (Phi) is 5.67. The van der Waals surface area contributed by atoms with Crippen LogP contribution in [0.25, 0.3) is 10.9 Å². The van der Waals surface area contributed by atoms with Gasteiger partial charge < -0.3 is 9.88 Å². The largest absolute Gasteiger partial charge is 0.361 e. The second-order valence-corrected chi connectivity index (χ2v) is 8.98. The summed E-state index contributed by atoms with van der Waals surface area (Å²) in [5.41, 5.74) is 2.22. The molecule has 1 amide bonds. The van der Waals surface area contributed by atoms with E-state index in [1.165, 1.54) is 6.26 Å². The van der Waals surface area contributed by atoms with Gasteiger partial charge in [0.1, 0.15) is 0 Å². The van der Waals surface area contributed by atoms with Gasteiger partial charge in [-0.25, -0.2) is 13.1 Å². The maximum atomic E-state index is 12.7. The molecule has 1 aromatic carbocycles. The molecule has 1 aromatic heterocycles. The average molecular weight is 378 g/mol. The monoisotopic (exact) mass is 377 g/mol. The van der Waals surface area contributed by atoms with E-state index in [9.17, 15) is 13.2 Å². The Hall–Kier alpha value is -1.86. The zero-order valence-electron chi connectivity index (χ0n) is 15.4. The highest BCUT2D eigenvalue weighted by molar-refractivity contribution is 7.88. The number of H-pyrrole nitrogens is 1. The molecule has 3 rings (SSSR count). The van der Waals surface area contributed by atoms with E-state index in [1.54, 1.807) is 0 Å². The molecule has 0 aliphatic carbocycles. The number of rotatable bonds is 7. The number of aryl methyl sites for hydroxylation is 1. The Labute approximate surface area is 155 Å². The molecular formula is C19H27N3O3S. The second kappa shape index (κ2) is 7.80. The fourth-order valence-corrected chi connectivity index (χ4v) is 4.70. The smallest absolute Gasteiger partial charge is 0.222 e. The number of para-hydroxylation sites is 1. The molecular weight excluding hydrogens is 350 g/mol. The Morgan fingerprint density at radius 3 is 2.81 bits per heavy atom. The standard InChI is InChI=1S/C19H27N3O3S/c1-3-6-15-12-22(13-18(15)21-26(2,24)25)19(23)10-9-14-11-20-17-8-5-4-7-16(14)17/h4-5,7-8,11,15,18,20-21H,3,6,9-10,12-13H2,1-2H3. The number of aromatic amines is 1. The SMILES string of the molecule is CCCC1CN(C(=O)CCc2c[nH]c3ccccc23)CC1NS(C)(=O)=O. The van der Waals surface area contributed by atoms with E-state index < -0.39 is 10.0 Å². The lowest BCUT2D eigenvalue weighted by atomic mass is 9.99. The van der Waals surface area contributed by atoms with Crippen molar-refractivity contribution in [1.29, 1.82) is 0 Å². The lowest BCUT2D eigenvalue weighted by Crippen LogP contribution is -2.40. The van der Waals surface area contributed by atoms with E-state index >= 15 is 0 Å². The first kappa shape index (κ1) is 18.9. The fraction of sp³-hybridized carbons (Fsp3) is 0.526. The van der Waals surface area contributed by atoms with Crippen LogP contribution in [0.3, 0.4) is 0 Å². The highest BCUT2D eigenvalue weighted by atomic mass is 32.2. The summed E-state index contributed by atoms with van der Waals surface area (Å²) < 4.78 is 25.9. The zero-order chi connectivity index (χ0) is 18.7. The van der Waals surface area contributed by atoms with Crippen LogP contribution in [-0.2, 0) is 21.2 Å². The van der Waals surface area contributed by atoms with Crippen LogP contribution in [0.15, 0.2) is 30.5 Å². The number of aromatic nitrogens is 1. The summed E-state index contributed by atoms with van der Waals surface area (Å²) in [5, 5.41) is 1.15. The van der Waals surface area contributed by atoms with Gasteiger partial charge in [-0.15, -0.1) is 0 Å². The summed E-state index contributed by atoms with van der Waals surface area (Å²) in [4.78, 5) is 17.7. The van der Waals surface area contributed by atoms with Gasteiger partial charge in [0.15, 0.2) is 0 Å². The minimum atomic E-state index is -3.27. The predicted octanol–water partition coefficient (Wildman–Crippen LogP) is 2.28. The molecule has 1 aliphatic heterocycles. The van der Waals surface area contributed by atoms with Crippen molar-refractivity contribution in [2.24, 2.45) is 5.92 Å². The van der Waals surface area contributed by atoms with Crippen molar-refractivity contribution < 1.29 is 13.2 Å². The maximum Gasteiger partial charge on any atom is 0.222 e. The average Bonchev–Trinajstić information content (AvgIpc) is 3.16. The summed E-state index contributed by atoms with van der Waals surface area (Å²) in [6.07, 6.45) is 6.16. The summed E-state index contributed by atoms with van der Waals surface area (Å²) in [6.45, 7) is 3.18. The number of sulfonamides is 1. The molecule has 6 nitrogen and oxygen atoms in total. The summed E-state index contributed by atoms with van der Waals surface area (Å²) >= 11 is 0. The van der Waals surface area contributed by atoms with Gasteiger partial charge in [0.2, 0.25) is 15.9 Å². The number of hydrogen-bond donors (Lipinski definition) is 2. The first-order chi connectivity index (χ1) is 12.4. The van der Waals surface area contributed by atoms with Gasteiger partial charge in [0.05, 0.1) is 6.26 Å². The number of likely N-dealkylation sites (tertiary alicyclic amines) is 1. The molecule has 26 heavy (non-hydrogen) atoms. The summed E-state index contributed by atoms with van der Waals surface area (Å²) in [6, 6.07) is 7.89. The number of nitrogens with zero attached hydrogens (tertiary/aromatic N) is 1. The number of carbonyl (C=O) groups excluding carboxylic acids is 1. The first-order valence-electron chi connectivity index (χ1n) is 9.17. The van der Waals surface area contributed by atoms with Crippen LogP contribution < -0.4 is 4.72 Å². The Bertz CT molecular complexity index is 875. The summed E-state index contributed by atoms with van der Waals surface area (Å²) in [5.74, 6) is 0.279. The third kappa shape index (κ3) is 4.45. The minimum Gasteiger partial charge on any atom is -0.361 e. The van der Waals surface area contributed by atoms with Crippen LogP contribution in [0, 0.1) is 5.92 Å². The molecule has 2 N–H and O–H groups in total. The quantitative estimate of drug-likeness (QED) is 0.777. The third-order valence-electron chi connectivity index (χ3n) is 5.10. The lowest BCUT2D eigenvalue weighted by molar-refractivity contribution is -0.130. The van der Waals surface area contributed by atoms with Crippen LogP contribution >= 0.6 is 0 Å². The van der Waals surface area contributed by atoms with Gasteiger partial charge in [-0.3, -0.25) is 4.79 Å². The van der Waals surface area contributed by atoms with Crippen molar-refractivity contribution in [1.82, 2.24) is 14.6 Å². The molecule has 2 heterocycles. The summed E-state index contributed by atoms with van der Waals surface area (Å²) in [7, 11) is -3.27. The van der Waals surface area contributed by atoms with Crippen LogP contribution in [0.2, 0.25) is 0 Å². The van der Waals surface area contributed by atoms with Crippen molar-refractivity contribution in [3.63, 3.8) is 0 Å². The molecule has 1 saturated heterocycles. The molecule has 2 unspecified atom stereocenters. The van der Waals surface area contributed by atoms with Crippen LogP contribution in [0.4, 0.5) is 0 Å². The van der Waals surface area contributed by atoms with Crippen LogP contribution in [0.5, 0.6) is 0 Å². The van der Waals surface area contributed by atoms with E-state index in [4.69, 9.17) is 0 Å².